The maximum Gasteiger partial charge on any atom is 0.259 e. The molecule has 4 nitrogen and oxygen atoms in total. The Hall–Kier alpha value is -2.49. The van der Waals surface area contributed by atoms with E-state index in [-0.39, 0.29) is 5.91 Å². The highest BCUT2D eigenvalue weighted by atomic mass is 16.5. The summed E-state index contributed by atoms with van der Waals surface area (Å²) in [5.74, 6) is 0.254. The number of nitrogens with one attached hydrogen (secondary N) is 1. The Bertz CT molecular complexity index is 624. The van der Waals surface area contributed by atoms with E-state index in [9.17, 15) is 4.79 Å². The minimum Gasteiger partial charge on any atom is -0.496 e. The van der Waals surface area contributed by atoms with Crippen LogP contribution >= 0.6 is 0 Å². The van der Waals surface area contributed by atoms with Crippen LogP contribution in [-0.4, -0.2) is 13.0 Å². The largest absolute Gasteiger partial charge is 0.496 e. The van der Waals surface area contributed by atoms with Crippen molar-refractivity contribution >= 4 is 17.3 Å². The van der Waals surface area contributed by atoms with Gasteiger partial charge in [-0.25, -0.2) is 0 Å². The van der Waals surface area contributed by atoms with Crippen molar-refractivity contribution in [2.75, 3.05) is 18.2 Å². The average Bonchev–Trinajstić information content (AvgIpc) is 2.47. The average molecular weight is 270 g/mol. The monoisotopic (exact) mass is 270 g/mol. The lowest BCUT2D eigenvalue weighted by Gasteiger charge is -2.10. The number of carbonyl (C=O) groups is 1. The van der Waals surface area contributed by atoms with Crippen molar-refractivity contribution in [1.82, 2.24) is 0 Å². The van der Waals surface area contributed by atoms with Crippen molar-refractivity contribution in [3.8, 4) is 5.75 Å². The van der Waals surface area contributed by atoms with Gasteiger partial charge in [0.2, 0.25) is 0 Å². The molecule has 0 aliphatic rings. The first-order valence-corrected chi connectivity index (χ1v) is 6.48. The molecule has 0 atom stereocenters. The van der Waals surface area contributed by atoms with E-state index in [2.05, 4.69) is 12.2 Å². The van der Waals surface area contributed by atoms with Crippen LogP contribution in [0, 0.1) is 0 Å². The van der Waals surface area contributed by atoms with E-state index in [1.807, 2.05) is 24.3 Å². The predicted molar refractivity (Wildman–Crippen MR) is 81.2 cm³/mol. The van der Waals surface area contributed by atoms with Crippen molar-refractivity contribution in [3.05, 3.63) is 53.6 Å². The Morgan fingerprint density at radius 2 is 2.05 bits per heavy atom. The number of methoxy groups -OCH3 is 1. The molecule has 0 aromatic heterocycles. The third-order valence-corrected chi connectivity index (χ3v) is 3.06. The number of benzene rings is 2. The lowest BCUT2D eigenvalue weighted by molar-refractivity contribution is 0.102. The van der Waals surface area contributed by atoms with Crippen molar-refractivity contribution in [2.45, 2.75) is 13.3 Å². The zero-order chi connectivity index (χ0) is 14.5. The number of ether oxygens (including phenoxy) is 1. The van der Waals surface area contributed by atoms with Crippen LogP contribution in [0.5, 0.6) is 5.75 Å². The van der Waals surface area contributed by atoms with Crippen LogP contribution in [0.15, 0.2) is 42.5 Å². The molecule has 0 heterocycles. The summed E-state index contributed by atoms with van der Waals surface area (Å²) in [5, 5.41) is 2.87. The fourth-order valence-corrected chi connectivity index (χ4v) is 1.96. The molecule has 2 rings (SSSR count). The molecule has 0 aliphatic carbocycles. The van der Waals surface area contributed by atoms with Gasteiger partial charge in [0.1, 0.15) is 5.75 Å². The van der Waals surface area contributed by atoms with Crippen LogP contribution in [0.4, 0.5) is 11.4 Å². The number of nitrogens with two attached hydrogens (primary N) is 1. The van der Waals surface area contributed by atoms with E-state index in [1.54, 1.807) is 18.2 Å². The van der Waals surface area contributed by atoms with Gasteiger partial charge in [0.25, 0.3) is 5.91 Å². The zero-order valence-electron chi connectivity index (χ0n) is 11.6. The topological polar surface area (TPSA) is 64.4 Å². The highest BCUT2D eigenvalue weighted by Gasteiger charge is 2.12. The molecule has 1 amide bonds. The van der Waals surface area contributed by atoms with E-state index >= 15 is 0 Å². The molecule has 0 bridgehead atoms. The normalized spacial score (nSPS) is 10.1. The van der Waals surface area contributed by atoms with Gasteiger partial charge in [-0.15, -0.1) is 0 Å². The van der Waals surface area contributed by atoms with Crippen molar-refractivity contribution in [1.29, 1.82) is 0 Å². The summed E-state index contributed by atoms with van der Waals surface area (Å²) < 4.78 is 5.19. The SMILES string of the molecule is CCc1cccc(NC(=O)c2ccc(N)cc2OC)c1. The van der Waals surface area contributed by atoms with Crippen LogP contribution in [0.1, 0.15) is 22.8 Å². The van der Waals surface area contributed by atoms with Crippen LogP contribution in [0.2, 0.25) is 0 Å². The van der Waals surface area contributed by atoms with E-state index < -0.39 is 0 Å². The molecule has 4 heteroatoms. The number of hydrogen-bond acceptors (Lipinski definition) is 3. The molecule has 20 heavy (non-hydrogen) atoms. The summed E-state index contributed by atoms with van der Waals surface area (Å²) in [7, 11) is 1.52. The highest BCUT2D eigenvalue weighted by molar-refractivity contribution is 6.06. The number of anilines is 2. The van der Waals surface area contributed by atoms with Crippen molar-refractivity contribution < 1.29 is 9.53 Å². The molecule has 0 saturated heterocycles. The second-order valence-corrected chi connectivity index (χ2v) is 4.47. The van der Waals surface area contributed by atoms with Gasteiger partial charge in [-0.05, 0) is 36.2 Å². The lowest BCUT2D eigenvalue weighted by Crippen LogP contribution is -2.13. The second kappa shape index (κ2) is 6.10. The predicted octanol–water partition coefficient (Wildman–Crippen LogP) is 3.09. The van der Waals surface area contributed by atoms with E-state index in [0.29, 0.717) is 17.0 Å². The molecule has 0 spiro atoms. The van der Waals surface area contributed by atoms with Gasteiger partial charge >= 0.3 is 0 Å². The summed E-state index contributed by atoms with van der Waals surface area (Å²) in [6.45, 7) is 2.07. The van der Waals surface area contributed by atoms with Crippen LogP contribution in [-0.2, 0) is 6.42 Å². The minimum absolute atomic E-state index is 0.213. The van der Waals surface area contributed by atoms with Gasteiger partial charge in [-0.3, -0.25) is 4.79 Å². The molecule has 0 fully saturated rings. The number of nitrogen functional groups attached to an aromatic ring is 1. The third-order valence-electron chi connectivity index (χ3n) is 3.06. The Balaban J connectivity index is 2.23. The third kappa shape index (κ3) is 3.09. The smallest absolute Gasteiger partial charge is 0.259 e. The Morgan fingerprint density at radius 1 is 1.25 bits per heavy atom. The molecule has 2 aromatic rings. The van der Waals surface area contributed by atoms with E-state index in [0.717, 1.165) is 12.1 Å². The summed E-state index contributed by atoms with van der Waals surface area (Å²) in [6, 6.07) is 12.8. The van der Waals surface area contributed by atoms with Crippen LogP contribution in [0.3, 0.4) is 0 Å². The van der Waals surface area contributed by atoms with Crippen LogP contribution < -0.4 is 15.8 Å². The van der Waals surface area contributed by atoms with Gasteiger partial charge in [0.05, 0.1) is 12.7 Å². The standard InChI is InChI=1S/C16H18N2O2/c1-3-11-5-4-6-13(9-11)18-16(19)14-8-7-12(17)10-15(14)20-2/h4-10H,3,17H2,1-2H3,(H,18,19). The molecule has 0 aliphatic heterocycles. The number of carbonyl (C=O) groups excluding carboxylic acids is 1. The van der Waals surface area contributed by atoms with Gasteiger partial charge in [0, 0.05) is 17.4 Å². The van der Waals surface area contributed by atoms with E-state index in [4.69, 9.17) is 10.5 Å². The molecule has 0 unspecified atom stereocenters. The van der Waals surface area contributed by atoms with Crippen LogP contribution in [0.25, 0.3) is 0 Å². The quantitative estimate of drug-likeness (QED) is 0.839. The van der Waals surface area contributed by atoms with Crippen molar-refractivity contribution in [2.24, 2.45) is 0 Å². The maximum atomic E-state index is 12.3. The number of rotatable bonds is 4. The first-order chi connectivity index (χ1) is 9.63. The highest BCUT2D eigenvalue weighted by Crippen LogP contribution is 2.23. The fourth-order valence-electron chi connectivity index (χ4n) is 1.96. The summed E-state index contributed by atoms with van der Waals surface area (Å²) in [5.41, 5.74) is 8.65. The number of aryl methyl sites for hydroxylation is 1. The maximum absolute atomic E-state index is 12.3. The number of amides is 1. The molecule has 0 saturated carbocycles. The summed E-state index contributed by atoms with van der Waals surface area (Å²) in [6.07, 6.45) is 0.925. The first-order valence-electron chi connectivity index (χ1n) is 6.48. The number of hydrogen-bond donors (Lipinski definition) is 2. The Morgan fingerprint density at radius 3 is 2.75 bits per heavy atom. The molecule has 2 aromatic carbocycles. The lowest BCUT2D eigenvalue weighted by atomic mass is 10.1. The first kappa shape index (κ1) is 13.9. The van der Waals surface area contributed by atoms with E-state index in [1.165, 1.54) is 12.7 Å². The van der Waals surface area contributed by atoms with Crippen molar-refractivity contribution in [3.63, 3.8) is 0 Å². The Labute approximate surface area is 118 Å². The molecule has 3 N–H and O–H groups in total. The fraction of sp³-hybridized carbons (Fsp3) is 0.188. The molecule has 104 valence electrons. The van der Waals surface area contributed by atoms with Gasteiger partial charge in [-0.2, -0.15) is 0 Å². The summed E-state index contributed by atoms with van der Waals surface area (Å²) in [4.78, 5) is 12.3. The molecular weight excluding hydrogens is 252 g/mol. The van der Waals surface area contributed by atoms with Gasteiger partial charge in [0.15, 0.2) is 0 Å². The second-order valence-electron chi connectivity index (χ2n) is 4.47. The minimum atomic E-state index is -0.213. The van der Waals surface area contributed by atoms with Gasteiger partial charge < -0.3 is 15.8 Å². The summed E-state index contributed by atoms with van der Waals surface area (Å²) >= 11 is 0. The Kier molecular flexibility index (Phi) is 4.25. The zero-order valence-corrected chi connectivity index (χ0v) is 11.6. The molecule has 0 radical (unpaired) electrons. The molecular formula is C16H18N2O2. The van der Waals surface area contributed by atoms with Gasteiger partial charge in [-0.1, -0.05) is 19.1 Å².